The third kappa shape index (κ3) is 2.26. The zero-order valence-corrected chi connectivity index (χ0v) is 9.90. The molecule has 2 aromatic heterocycles. The van der Waals surface area contributed by atoms with E-state index in [9.17, 15) is 4.79 Å². The molecule has 2 heterocycles. The van der Waals surface area contributed by atoms with Crippen molar-refractivity contribution in [3.05, 3.63) is 52.4 Å². The van der Waals surface area contributed by atoms with Crippen LogP contribution >= 0.6 is 11.6 Å². The summed E-state index contributed by atoms with van der Waals surface area (Å²) < 4.78 is 0. The number of hydrogen-bond acceptors (Lipinski definition) is 4. The van der Waals surface area contributed by atoms with Crippen LogP contribution in [0.2, 0.25) is 5.02 Å². The van der Waals surface area contributed by atoms with Gasteiger partial charge in [0.1, 0.15) is 11.5 Å². The fourth-order valence-corrected chi connectivity index (χ4v) is 1.65. The van der Waals surface area contributed by atoms with Gasteiger partial charge in [0.25, 0.3) is 0 Å². The van der Waals surface area contributed by atoms with Gasteiger partial charge >= 0.3 is 0 Å². The summed E-state index contributed by atoms with van der Waals surface area (Å²) in [6.07, 6.45) is 3.12. The molecule has 0 atom stereocenters. The van der Waals surface area contributed by atoms with E-state index in [1.807, 2.05) is 6.92 Å². The zero-order valence-electron chi connectivity index (χ0n) is 9.14. The van der Waals surface area contributed by atoms with E-state index >= 15 is 0 Å². The molecule has 5 heteroatoms. The lowest BCUT2D eigenvalue weighted by Crippen LogP contribution is -2.09. The lowest BCUT2D eigenvalue weighted by molar-refractivity contribution is 0.103. The monoisotopic (exact) mass is 247 g/mol. The normalized spacial score (nSPS) is 10.2. The molecular formula is C12H10ClN3O. The van der Waals surface area contributed by atoms with Crippen LogP contribution in [-0.2, 0) is 0 Å². The van der Waals surface area contributed by atoms with E-state index in [1.54, 1.807) is 24.4 Å². The van der Waals surface area contributed by atoms with Crippen LogP contribution < -0.4 is 5.73 Å². The molecule has 0 bridgehead atoms. The van der Waals surface area contributed by atoms with Gasteiger partial charge in [0, 0.05) is 12.4 Å². The van der Waals surface area contributed by atoms with Crippen molar-refractivity contribution in [2.45, 2.75) is 6.92 Å². The minimum atomic E-state index is -0.315. The standard InChI is InChI=1S/C12H10ClN3O/c1-7-5-8(12(14)16-6-7)11(17)10-9(13)3-2-4-15-10/h2-6H,1H3,(H2,14,16). The molecule has 0 aliphatic rings. The number of anilines is 1. The maximum atomic E-state index is 12.2. The largest absolute Gasteiger partial charge is 0.383 e. The quantitative estimate of drug-likeness (QED) is 0.827. The van der Waals surface area contributed by atoms with Crippen LogP contribution in [0.25, 0.3) is 0 Å². The first-order chi connectivity index (χ1) is 8.09. The molecular weight excluding hydrogens is 238 g/mol. The first-order valence-corrected chi connectivity index (χ1v) is 5.34. The van der Waals surface area contributed by atoms with Gasteiger partial charge in [0.2, 0.25) is 5.78 Å². The number of carbonyl (C=O) groups excluding carboxylic acids is 1. The van der Waals surface area contributed by atoms with E-state index in [0.29, 0.717) is 10.6 Å². The third-order valence-corrected chi connectivity index (χ3v) is 2.58. The lowest BCUT2D eigenvalue weighted by atomic mass is 10.1. The highest BCUT2D eigenvalue weighted by Gasteiger charge is 2.17. The van der Waals surface area contributed by atoms with Gasteiger partial charge in [-0.2, -0.15) is 0 Å². The highest BCUT2D eigenvalue weighted by Crippen LogP contribution is 2.19. The maximum Gasteiger partial charge on any atom is 0.216 e. The average molecular weight is 248 g/mol. The van der Waals surface area contributed by atoms with Crippen molar-refractivity contribution in [3.8, 4) is 0 Å². The number of ketones is 1. The fourth-order valence-electron chi connectivity index (χ4n) is 1.44. The van der Waals surface area contributed by atoms with Gasteiger partial charge < -0.3 is 5.73 Å². The molecule has 2 aromatic rings. The third-order valence-electron chi connectivity index (χ3n) is 2.27. The van der Waals surface area contributed by atoms with E-state index in [-0.39, 0.29) is 17.3 Å². The number of nitrogens with two attached hydrogens (primary N) is 1. The lowest BCUT2D eigenvalue weighted by Gasteiger charge is -2.05. The van der Waals surface area contributed by atoms with Gasteiger partial charge in [-0.05, 0) is 30.7 Å². The molecule has 0 saturated carbocycles. The number of nitrogen functional groups attached to an aromatic ring is 1. The summed E-state index contributed by atoms with van der Waals surface area (Å²) in [6.45, 7) is 1.84. The van der Waals surface area contributed by atoms with E-state index in [2.05, 4.69) is 9.97 Å². The van der Waals surface area contributed by atoms with E-state index in [0.717, 1.165) is 5.56 Å². The minimum absolute atomic E-state index is 0.183. The smallest absolute Gasteiger partial charge is 0.216 e. The predicted molar refractivity (Wildman–Crippen MR) is 66.1 cm³/mol. The number of halogens is 1. The molecule has 0 saturated heterocycles. The van der Waals surface area contributed by atoms with Gasteiger partial charge in [0.15, 0.2) is 0 Å². The molecule has 0 fully saturated rings. The van der Waals surface area contributed by atoms with Crippen LogP contribution in [0.15, 0.2) is 30.6 Å². The van der Waals surface area contributed by atoms with Crippen molar-refractivity contribution < 1.29 is 4.79 Å². The van der Waals surface area contributed by atoms with Gasteiger partial charge in [-0.25, -0.2) is 4.98 Å². The average Bonchev–Trinajstić information content (AvgIpc) is 2.32. The summed E-state index contributed by atoms with van der Waals surface area (Å²) in [5.74, 6) is -0.133. The summed E-state index contributed by atoms with van der Waals surface area (Å²) in [5.41, 5.74) is 7.04. The van der Waals surface area contributed by atoms with Crippen LogP contribution in [-0.4, -0.2) is 15.8 Å². The predicted octanol–water partition coefficient (Wildman–Crippen LogP) is 2.25. The Balaban J connectivity index is 2.51. The molecule has 17 heavy (non-hydrogen) atoms. The number of aryl methyl sites for hydroxylation is 1. The highest BCUT2D eigenvalue weighted by molar-refractivity contribution is 6.34. The number of aromatic nitrogens is 2. The number of pyridine rings is 2. The Kier molecular flexibility index (Phi) is 3.06. The van der Waals surface area contributed by atoms with Gasteiger partial charge in [-0.15, -0.1) is 0 Å². The molecule has 4 nitrogen and oxygen atoms in total. The second-order valence-electron chi connectivity index (χ2n) is 3.61. The van der Waals surface area contributed by atoms with Crippen LogP contribution in [0.1, 0.15) is 21.6 Å². The van der Waals surface area contributed by atoms with Crippen LogP contribution in [0.4, 0.5) is 5.82 Å². The summed E-state index contributed by atoms with van der Waals surface area (Å²) in [5, 5.41) is 0.304. The molecule has 0 unspecified atom stereocenters. The van der Waals surface area contributed by atoms with Gasteiger partial charge in [-0.1, -0.05) is 11.6 Å². The summed E-state index contributed by atoms with van der Waals surface area (Å²) >= 11 is 5.92. The topological polar surface area (TPSA) is 68.9 Å². The molecule has 2 rings (SSSR count). The Labute approximate surface area is 103 Å². The van der Waals surface area contributed by atoms with Crippen molar-refractivity contribution in [3.63, 3.8) is 0 Å². The molecule has 0 radical (unpaired) electrons. The van der Waals surface area contributed by atoms with E-state index < -0.39 is 0 Å². The zero-order chi connectivity index (χ0) is 12.4. The Morgan fingerprint density at radius 1 is 1.41 bits per heavy atom. The van der Waals surface area contributed by atoms with Crippen molar-refractivity contribution >= 4 is 23.2 Å². The number of carbonyl (C=O) groups is 1. The summed E-state index contributed by atoms with van der Waals surface area (Å²) in [4.78, 5) is 20.1. The first kappa shape index (κ1) is 11.5. The molecule has 0 amide bonds. The molecule has 0 spiro atoms. The number of hydrogen-bond donors (Lipinski definition) is 1. The first-order valence-electron chi connectivity index (χ1n) is 4.97. The van der Waals surface area contributed by atoms with Crippen molar-refractivity contribution in [1.82, 2.24) is 9.97 Å². The van der Waals surface area contributed by atoms with Gasteiger partial charge in [0.05, 0.1) is 10.6 Å². The van der Waals surface area contributed by atoms with E-state index in [1.165, 1.54) is 6.20 Å². The van der Waals surface area contributed by atoms with Crippen molar-refractivity contribution in [1.29, 1.82) is 0 Å². The van der Waals surface area contributed by atoms with Crippen LogP contribution in [0.5, 0.6) is 0 Å². The maximum absolute atomic E-state index is 12.2. The Morgan fingerprint density at radius 3 is 2.88 bits per heavy atom. The van der Waals surface area contributed by atoms with Crippen molar-refractivity contribution in [2.24, 2.45) is 0 Å². The second kappa shape index (κ2) is 4.51. The van der Waals surface area contributed by atoms with Crippen molar-refractivity contribution in [2.75, 3.05) is 5.73 Å². The summed E-state index contributed by atoms with van der Waals surface area (Å²) in [6, 6.07) is 4.95. The highest BCUT2D eigenvalue weighted by atomic mass is 35.5. The number of nitrogens with zero attached hydrogens (tertiary/aromatic N) is 2. The molecule has 2 N–H and O–H groups in total. The molecule has 0 aromatic carbocycles. The van der Waals surface area contributed by atoms with Crippen LogP contribution in [0.3, 0.4) is 0 Å². The van der Waals surface area contributed by atoms with Crippen LogP contribution in [0, 0.1) is 6.92 Å². The van der Waals surface area contributed by atoms with E-state index in [4.69, 9.17) is 17.3 Å². The second-order valence-corrected chi connectivity index (χ2v) is 4.02. The van der Waals surface area contributed by atoms with Gasteiger partial charge in [-0.3, -0.25) is 9.78 Å². The SMILES string of the molecule is Cc1cnc(N)c(C(=O)c2ncccc2Cl)c1. The Morgan fingerprint density at radius 2 is 2.18 bits per heavy atom. The number of rotatable bonds is 2. The molecule has 0 aliphatic carbocycles. The Hall–Kier alpha value is -1.94. The molecule has 86 valence electrons. The minimum Gasteiger partial charge on any atom is -0.383 e. The Bertz CT molecular complexity index is 584. The fraction of sp³-hybridized carbons (Fsp3) is 0.0833. The summed E-state index contributed by atoms with van der Waals surface area (Å²) in [7, 11) is 0. The molecule has 0 aliphatic heterocycles.